The smallest absolute Gasteiger partial charge is 0.0752 e. The summed E-state index contributed by atoms with van der Waals surface area (Å²) in [7, 11) is 3.93. The minimum atomic E-state index is 0.111. The fourth-order valence-electron chi connectivity index (χ4n) is 2.50. The van der Waals surface area contributed by atoms with Crippen molar-refractivity contribution < 1.29 is 0 Å². The monoisotopic (exact) mass is 252 g/mol. The molecular formula is C15H16N4. The predicted molar refractivity (Wildman–Crippen MR) is 75.9 cm³/mol. The Morgan fingerprint density at radius 3 is 2.68 bits per heavy atom. The molecule has 19 heavy (non-hydrogen) atoms. The van der Waals surface area contributed by atoms with E-state index in [0.717, 1.165) is 11.2 Å². The van der Waals surface area contributed by atoms with Crippen molar-refractivity contribution in [2.45, 2.75) is 6.04 Å². The first-order chi connectivity index (χ1) is 9.31. The molecule has 1 N–H and O–H groups in total. The van der Waals surface area contributed by atoms with Gasteiger partial charge in [-0.05, 0) is 30.8 Å². The Labute approximate surface area is 112 Å². The van der Waals surface area contributed by atoms with Gasteiger partial charge in [0.1, 0.15) is 0 Å². The van der Waals surface area contributed by atoms with Gasteiger partial charge in [-0.3, -0.25) is 9.67 Å². The third kappa shape index (κ3) is 2.00. The van der Waals surface area contributed by atoms with Crippen LogP contribution in [0.4, 0.5) is 0 Å². The molecule has 1 aromatic carbocycles. The largest absolute Gasteiger partial charge is 0.308 e. The molecule has 3 rings (SSSR count). The van der Waals surface area contributed by atoms with Crippen LogP contribution in [-0.2, 0) is 7.05 Å². The molecule has 0 bridgehead atoms. The van der Waals surface area contributed by atoms with Crippen LogP contribution in [0.2, 0.25) is 0 Å². The fourth-order valence-corrected chi connectivity index (χ4v) is 2.50. The van der Waals surface area contributed by atoms with Crippen LogP contribution in [0.25, 0.3) is 10.9 Å². The topological polar surface area (TPSA) is 42.7 Å². The predicted octanol–water partition coefficient (Wildman–Crippen LogP) is 2.28. The Kier molecular flexibility index (Phi) is 3.01. The Morgan fingerprint density at radius 1 is 1.11 bits per heavy atom. The fraction of sp³-hybridized carbons (Fsp3) is 0.200. The van der Waals surface area contributed by atoms with Crippen molar-refractivity contribution in [3.8, 4) is 0 Å². The summed E-state index contributed by atoms with van der Waals surface area (Å²) in [5.74, 6) is 0. The quantitative estimate of drug-likeness (QED) is 0.777. The van der Waals surface area contributed by atoms with Crippen molar-refractivity contribution in [3.05, 3.63) is 60.0 Å². The second-order valence-corrected chi connectivity index (χ2v) is 4.52. The second-order valence-electron chi connectivity index (χ2n) is 4.52. The second kappa shape index (κ2) is 4.82. The molecule has 0 spiro atoms. The van der Waals surface area contributed by atoms with Gasteiger partial charge in [0.25, 0.3) is 0 Å². The van der Waals surface area contributed by atoms with Crippen LogP contribution in [0.5, 0.6) is 0 Å². The number of para-hydroxylation sites is 1. The summed E-state index contributed by atoms with van der Waals surface area (Å²) in [6.45, 7) is 0. The molecule has 0 radical (unpaired) electrons. The highest BCUT2D eigenvalue weighted by Gasteiger charge is 2.17. The molecule has 0 aliphatic rings. The van der Waals surface area contributed by atoms with Gasteiger partial charge in [-0.1, -0.05) is 18.2 Å². The molecule has 2 heterocycles. The number of aromatic nitrogens is 3. The lowest BCUT2D eigenvalue weighted by molar-refractivity contribution is 0.608. The summed E-state index contributed by atoms with van der Waals surface area (Å²) in [6.07, 6.45) is 3.68. The van der Waals surface area contributed by atoms with Crippen LogP contribution in [0.3, 0.4) is 0 Å². The summed E-state index contributed by atoms with van der Waals surface area (Å²) in [5.41, 5.74) is 3.37. The van der Waals surface area contributed by atoms with E-state index in [9.17, 15) is 0 Å². The first-order valence-corrected chi connectivity index (χ1v) is 6.30. The zero-order valence-electron chi connectivity index (χ0n) is 11.0. The standard InChI is InChI=1S/C15H16N4/c1-16-15(14-8-10-18-19(14)2)12-7-9-17-13-6-4-3-5-11(12)13/h3-10,15-16H,1-2H3. The van der Waals surface area contributed by atoms with E-state index in [1.807, 2.05) is 55.4 Å². The number of hydrogen-bond acceptors (Lipinski definition) is 3. The molecular weight excluding hydrogens is 236 g/mol. The number of rotatable bonds is 3. The summed E-state index contributed by atoms with van der Waals surface area (Å²) in [4.78, 5) is 4.41. The lowest BCUT2D eigenvalue weighted by Gasteiger charge is -2.18. The molecule has 0 aliphatic heterocycles. The van der Waals surface area contributed by atoms with E-state index in [0.29, 0.717) is 0 Å². The SMILES string of the molecule is CNC(c1ccnc2ccccc12)c1ccnn1C. The number of fused-ring (bicyclic) bond motifs is 1. The molecule has 0 saturated heterocycles. The maximum atomic E-state index is 4.41. The van der Waals surface area contributed by atoms with Crippen LogP contribution in [0.15, 0.2) is 48.8 Å². The van der Waals surface area contributed by atoms with Gasteiger partial charge in [0.05, 0.1) is 17.3 Å². The minimum Gasteiger partial charge on any atom is -0.308 e. The average molecular weight is 252 g/mol. The molecule has 4 nitrogen and oxygen atoms in total. The molecule has 96 valence electrons. The van der Waals surface area contributed by atoms with Crippen LogP contribution in [0.1, 0.15) is 17.3 Å². The van der Waals surface area contributed by atoms with E-state index in [2.05, 4.69) is 27.5 Å². The summed E-state index contributed by atoms with van der Waals surface area (Å²) in [6, 6.07) is 12.4. The van der Waals surface area contributed by atoms with E-state index in [4.69, 9.17) is 0 Å². The number of benzene rings is 1. The van der Waals surface area contributed by atoms with E-state index in [-0.39, 0.29) is 6.04 Å². The third-order valence-corrected chi connectivity index (χ3v) is 3.44. The van der Waals surface area contributed by atoms with Gasteiger partial charge >= 0.3 is 0 Å². The zero-order chi connectivity index (χ0) is 13.2. The lowest BCUT2D eigenvalue weighted by atomic mass is 9.99. The maximum absolute atomic E-state index is 4.41. The van der Waals surface area contributed by atoms with Crippen molar-refractivity contribution in [1.82, 2.24) is 20.1 Å². The Balaban J connectivity index is 2.20. The highest BCUT2D eigenvalue weighted by molar-refractivity contribution is 5.82. The van der Waals surface area contributed by atoms with Crippen LogP contribution >= 0.6 is 0 Å². The van der Waals surface area contributed by atoms with Crippen LogP contribution in [-0.4, -0.2) is 21.8 Å². The highest BCUT2D eigenvalue weighted by Crippen LogP contribution is 2.27. The molecule has 0 aliphatic carbocycles. The van der Waals surface area contributed by atoms with Gasteiger partial charge in [0.15, 0.2) is 0 Å². The van der Waals surface area contributed by atoms with Crippen LogP contribution in [0, 0.1) is 0 Å². The van der Waals surface area contributed by atoms with Gasteiger partial charge < -0.3 is 5.32 Å². The van der Waals surface area contributed by atoms with Crippen molar-refractivity contribution in [3.63, 3.8) is 0 Å². The molecule has 1 atom stereocenters. The number of aryl methyl sites for hydroxylation is 1. The summed E-state index contributed by atoms with van der Waals surface area (Å²) >= 11 is 0. The number of nitrogens with one attached hydrogen (secondary N) is 1. The van der Waals surface area contributed by atoms with Gasteiger partial charge in [-0.25, -0.2) is 0 Å². The van der Waals surface area contributed by atoms with E-state index in [1.165, 1.54) is 10.9 Å². The molecule has 0 fully saturated rings. The Bertz CT molecular complexity index is 697. The first-order valence-electron chi connectivity index (χ1n) is 6.30. The molecule has 2 aromatic heterocycles. The van der Waals surface area contributed by atoms with Crippen LogP contribution < -0.4 is 5.32 Å². The zero-order valence-corrected chi connectivity index (χ0v) is 11.0. The maximum Gasteiger partial charge on any atom is 0.0752 e. The van der Waals surface area contributed by atoms with Gasteiger partial charge in [0.2, 0.25) is 0 Å². The number of pyridine rings is 1. The molecule has 0 saturated carbocycles. The highest BCUT2D eigenvalue weighted by atomic mass is 15.3. The van der Waals surface area contributed by atoms with Gasteiger partial charge in [-0.15, -0.1) is 0 Å². The lowest BCUT2D eigenvalue weighted by Crippen LogP contribution is -2.21. The summed E-state index contributed by atoms with van der Waals surface area (Å²) < 4.78 is 1.90. The number of hydrogen-bond donors (Lipinski definition) is 1. The van der Waals surface area contributed by atoms with Crippen molar-refractivity contribution in [1.29, 1.82) is 0 Å². The molecule has 1 unspecified atom stereocenters. The van der Waals surface area contributed by atoms with Gasteiger partial charge in [-0.2, -0.15) is 5.10 Å². The summed E-state index contributed by atoms with van der Waals surface area (Å²) in [5, 5.41) is 8.79. The average Bonchev–Trinajstić information content (AvgIpc) is 2.86. The Hall–Kier alpha value is -2.20. The van der Waals surface area contributed by atoms with Crippen molar-refractivity contribution in [2.75, 3.05) is 7.05 Å². The van der Waals surface area contributed by atoms with Gasteiger partial charge in [0, 0.05) is 24.8 Å². The van der Waals surface area contributed by atoms with E-state index in [1.54, 1.807) is 0 Å². The normalized spacial score (nSPS) is 12.7. The van der Waals surface area contributed by atoms with E-state index >= 15 is 0 Å². The van der Waals surface area contributed by atoms with Crippen molar-refractivity contribution in [2.24, 2.45) is 7.05 Å². The third-order valence-electron chi connectivity index (χ3n) is 3.44. The molecule has 4 heteroatoms. The van der Waals surface area contributed by atoms with E-state index < -0.39 is 0 Å². The molecule has 0 amide bonds. The Morgan fingerprint density at radius 2 is 1.95 bits per heavy atom. The minimum absolute atomic E-state index is 0.111. The number of nitrogens with zero attached hydrogens (tertiary/aromatic N) is 3. The molecule has 3 aromatic rings. The van der Waals surface area contributed by atoms with Crippen molar-refractivity contribution >= 4 is 10.9 Å². The first kappa shape index (κ1) is 11.9.